The molecule has 5 heteroatoms. The highest BCUT2D eigenvalue weighted by Crippen LogP contribution is 2.29. The van der Waals surface area contributed by atoms with Gasteiger partial charge in [-0.2, -0.15) is 4.98 Å². The lowest BCUT2D eigenvalue weighted by Gasteiger charge is -2.16. The smallest absolute Gasteiger partial charge is 0.232 e. The molecule has 0 spiro atoms. The third-order valence-electron chi connectivity index (χ3n) is 4.81. The normalized spacial score (nSPS) is 17.1. The molecule has 1 atom stereocenters. The summed E-state index contributed by atoms with van der Waals surface area (Å²) in [5, 5.41) is 4.09. The Bertz CT molecular complexity index is 913. The summed E-state index contributed by atoms with van der Waals surface area (Å²) < 4.78 is 5.46. The summed E-state index contributed by atoms with van der Waals surface area (Å²) >= 11 is 0. The molecule has 4 rings (SSSR count). The molecule has 0 aliphatic carbocycles. The highest BCUT2D eigenvalue weighted by atomic mass is 16.5. The molecule has 0 bridgehead atoms. The first-order valence-electron chi connectivity index (χ1n) is 8.82. The third kappa shape index (κ3) is 3.38. The lowest BCUT2D eigenvalue weighted by Crippen LogP contribution is -2.24. The van der Waals surface area contributed by atoms with Crippen molar-refractivity contribution in [1.29, 1.82) is 0 Å². The van der Waals surface area contributed by atoms with E-state index in [-0.39, 0.29) is 11.8 Å². The zero-order chi connectivity index (χ0) is 18.1. The standard InChI is InChI=1S/C21H21N3O2/c1-14-3-7-16(8-4-14)12-24-13-18(11-19(24)25)21-22-20(23-26-21)17-9-5-15(2)6-10-17/h3-10,18H,11-13H2,1-2H3. The van der Waals surface area contributed by atoms with Crippen LogP contribution < -0.4 is 0 Å². The Morgan fingerprint density at radius 2 is 1.69 bits per heavy atom. The van der Waals surface area contributed by atoms with Crippen LogP contribution in [-0.4, -0.2) is 27.5 Å². The van der Waals surface area contributed by atoms with E-state index in [4.69, 9.17) is 4.52 Å². The quantitative estimate of drug-likeness (QED) is 0.719. The Morgan fingerprint density at radius 3 is 2.38 bits per heavy atom. The van der Waals surface area contributed by atoms with E-state index in [1.807, 2.05) is 36.1 Å². The summed E-state index contributed by atoms with van der Waals surface area (Å²) in [6, 6.07) is 16.3. The molecule has 1 aromatic heterocycles. The summed E-state index contributed by atoms with van der Waals surface area (Å²) in [6.07, 6.45) is 0.418. The Hall–Kier alpha value is -2.95. The molecule has 1 amide bonds. The first-order valence-corrected chi connectivity index (χ1v) is 8.82. The van der Waals surface area contributed by atoms with E-state index >= 15 is 0 Å². The second-order valence-electron chi connectivity index (χ2n) is 6.98. The average molecular weight is 347 g/mol. The van der Waals surface area contributed by atoms with Gasteiger partial charge in [-0.25, -0.2) is 0 Å². The monoisotopic (exact) mass is 347 g/mol. The molecule has 0 radical (unpaired) electrons. The van der Waals surface area contributed by atoms with Gasteiger partial charge in [-0.05, 0) is 19.4 Å². The number of benzene rings is 2. The molecule has 3 aromatic rings. The van der Waals surface area contributed by atoms with Crippen molar-refractivity contribution < 1.29 is 9.32 Å². The van der Waals surface area contributed by atoms with Crippen molar-refractivity contribution in [3.8, 4) is 11.4 Å². The second kappa shape index (κ2) is 6.75. The molecule has 1 saturated heterocycles. The van der Waals surface area contributed by atoms with Gasteiger partial charge in [0.1, 0.15) is 0 Å². The van der Waals surface area contributed by atoms with Crippen LogP contribution in [0.15, 0.2) is 53.1 Å². The van der Waals surface area contributed by atoms with E-state index < -0.39 is 0 Å². The summed E-state index contributed by atoms with van der Waals surface area (Å²) in [7, 11) is 0. The zero-order valence-electron chi connectivity index (χ0n) is 15.0. The van der Waals surface area contributed by atoms with Gasteiger partial charge in [-0.1, -0.05) is 64.8 Å². The molecular formula is C21H21N3O2. The van der Waals surface area contributed by atoms with Gasteiger partial charge >= 0.3 is 0 Å². The van der Waals surface area contributed by atoms with Crippen LogP contribution in [0.4, 0.5) is 0 Å². The van der Waals surface area contributed by atoms with E-state index in [0.717, 1.165) is 11.1 Å². The van der Waals surface area contributed by atoms with Crippen LogP contribution in [-0.2, 0) is 11.3 Å². The topological polar surface area (TPSA) is 59.2 Å². The number of likely N-dealkylation sites (tertiary alicyclic amines) is 1. The van der Waals surface area contributed by atoms with Gasteiger partial charge in [0.15, 0.2) is 0 Å². The lowest BCUT2D eigenvalue weighted by molar-refractivity contribution is -0.128. The minimum atomic E-state index is -0.0420. The van der Waals surface area contributed by atoms with Gasteiger partial charge in [-0.3, -0.25) is 4.79 Å². The first kappa shape index (κ1) is 16.5. The van der Waals surface area contributed by atoms with Crippen molar-refractivity contribution in [1.82, 2.24) is 15.0 Å². The number of aryl methyl sites for hydroxylation is 2. The second-order valence-corrected chi connectivity index (χ2v) is 6.98. The molecule has 1 aliphatic rings. The van der Waals surface area contributed by atoms with Gasteiger partial charge < -0.3 is 9.42 Å². The van der Waals surface area contributed by atoms with Crippen molar-refractivity contribution in [2.24, 2.45) is 0 Å². The van der Waals surface area contributed by atoms with Crippen molar-refractivity contribution in [2.45, 2.75) is 32.7 Å². The fourth-order valence-corrected chi connectivity index (χ4v) is 3.23. The molecule has 0 saturated carbocycles. The number of nitrogens with zero attached hydrogens (tertiary/aromatic N) is 3. The summed E-state index contributed by atoms with van der Waals surface area (Å²) in [5.41, 5.74) is 4.46. The minimum Gasteiger partial charge on any atom is -0.339 e. The van der Waals surface area contributed by atoms with Crippen LogP contribution in [0, 0.1) is 13.8 Å². The maximum atomic E-state index is 12.4. The van der Waals surface area contributed by atoms with Gasteiger partial charge in [0.05, 0.1) is 5.92 Å². The number of aromatic nitrogens is 2. The Balaban J connectivity index is 1.47. The van der Waals surface area contributed by atoms with Crippen LogP contribution >= 0.6 is 0 Å². The van der Waals surface area contributed by atoms with E-state index in [9.17, 15) is 4.79 Å². The van der Waals surface area contributed by atoms with Crippen LogP contribution in [0.3, 0.4) is 0 Å². The zero-order valence-corrected chi connectivity index (χ0v) is 15.0. The summed E-state index contributed by atoms with van der Waals surface area (Å²) in [5.74, 6) is 1.20. The Kier molecular flexibility index (Phi) is 4.29. The van der Waals surface area contributed by atoms with Crippen molar-refractivity contribution >= 4 is 5.91 Å². The molecular weight excluding hydrogens is 326 g/mol. The summed E-state index contributed by atoms with van der Waals surface area (Å²) in [4.78, 5) is 18.8. The molecule has 0 N–H and O–H groups in total. The van der Waals surface area contributed by atoms with Crippen molar-refractivity contribution in [3.63, 3.8) is 0 Å². The first-order chi connectivity index (χ1) is 12.6. The minimum absolute atomic E-state index is 0.0420. The number of carbonyl (C=O) groups excluding carboxylic acids is 1. The third-order valence-corrected chi connectivity index (χ3v) is 4.81. The fraction of sp³-hybridized carbons (Fsp3) is 0.286. The average Bonchev–Trinajstić information content (AvgIpc) is 3.25. The van der Waals surface area contributed by atoms with E-state index in [2.05, 4.69) is 41.3 Å². The van der Waals surface area contributed by atoms with Crippen molar-refractivity contribution in [2.75, 3.05) is 6.54 Å². The number of carbonyl (C=O) groups is 1. The molecule has 1 aliphatic heterocycles. The Labute approximate surface area is 152 Å². The summed E-state index contributed by atoms with van der Waals surface area (Å²) in [6.45, 7) is 5.33. The van der Waals surface area contributed by atoms with E-state index in [1.165, 1.54) is 11.1 Å². The maximum Gasteiger partial charge on any atom is 0.232 e. The number of hydrogen-bond donors (Lipinski definition) is 0. The molecule has 1 fully saturated rings. The largest absolute Gasteiger partial charge is 0.339 e. The van der Waals surface area contributed by atoms with Crippen LogP contribution in [0.1, 0.15) is 34.9 Å². The predicted molar refractivity (Wildman–Crippen MR) is 98.4 cm³/mol. The predicted octanol–water partition coefficient (Wildman–Crippen LogP) is 3.87. The van der Waals surface area contributed by atoms with Crippen LogP contribution in [0.5, 0.6) is 0 Å². The van der Waals surface area contributed by atoms with E-state index in [1.54, 1.807) is 0 Å². The highest BCUT2D eigenvalue weighted by Gasteiger charge is 2.34. The number of amides is 1. The number of hydrogen-bond acceptors (Lipinski definition) is 4. The van der Waals surface area contributed by atoms with Gasteiger partial charge in [0.25, 0.3) is 0 Å². The molecule has 1 unspecified atom stereocenters. The molecule has 132 valence electrons. The maximum absolute atomic E-state index is 12.4. The van der Waals surface area contributed by atoms with Gasteiger partial charge in [0, 0.05) is 25.1 Å². The molecule has 26 heavy (non-hydrogen) atoms. The molecule has 5 nitrogen and oxygen atoms in total. The lowest BCUT2D eigenvalue weighted by atomic mass is 10.1. The SMILES string of the molecule is Cc1ccc(CN2CC(c3nc(-c4ccc(C)cc4)no3)CC2=O)cc1. The van der Waals surface area contributed by atoms with Crippen LogP contribution in [0.2, 0.25) is 0 Å². The van der Waals surface area contributed by atoms with E-state index in [0.29, 0.717) is 31.2 Å². The van der Waals surface area contributed by atoms with Crippen LogP contribution in [0.25, 0.3) is 11.4 Å². The number of rotatable bonds is 4. The molecule has 2 heterocycles. The fourth-order valence-electron chi connectivity index (χ4n) is 3.23. The Morgan fingerprint density at radius 1 is 1.04 bits per heavy atom. The van der Waals surface area contributed by atoms with Crippen molar-refractivity contribution in [3.05, 3.63) is 71.1 Å². The van der Waals surface area contributed by atoms with Gasteiger partial charge in [0.2, 0.25) is 17.6 Å². The molecule has 2 aromatic carbocycles. The van der Waals surface area contributed by atoms with Gasteiger partial charge in [-0.15, -0.1) is 0 Å². The highest BCUT2D eigenvalue weighted by molar-refractivity contribution is 5.79.